The van der Waals surface area contributed by atoms with Gasteiger partial charge in [-0.05, 0) is 18.9 Å². The molecule has 5 nitrogen and oxygen atoms in total. The SMILES string of the molecule is CC#CC(=O)N1CCN(Cc2cccc(OC)c2OC)CC1. The number of amides is 1. The van der Waals surface area contributed by atoms with Crippen LogP contribution in [0, 0.1) is 11.8 Å². The molecule has 0 spiro atoms. The third-order valence-electron chi connectivity index (χ3n) is 3.77. The average Bonchev–Trinajstić information content (AvgIpc) is 2.55. The normalized spacial score (nSPS) is 15.0. The zero-order valence-electron chi connectivity index (χ0n) is 13.4. The lowest BCUT2D eigenvalue weighted by molar-refractivity contribution is -0.126. The number of carbonyl (C=O) groups is 1. The highest BCUT2D eigenvalue weighted by atomic mass is 16.5. The molecule has 2 rings (SSSR count). The van der Waals surface area contributed by atoms with Gasteiger partial charge in [0.15, 0.2) is 11.5 Å². The van der Waals surface area contributed by atoms with Crippen molar-refractivity contribution in [2.75, 3.05) is 40.4 Å². The highest BCUT2D eigenvalue weighted by molar-refractivity contribution is 5.93. The van der Waals surface area contributed by atoms with Crippen LogP contribution in [0.2, 0.25) is 0 Å². The molecule has 1 amide bonds. The van der Waals surface area contributed by atoms with E-state index in [0.29, 0.717) is 13.1 Å². The number of methoxy groups -OCH3 is 2. The summed E-state index contributed by atoms with van der Waals surface area (Å²) in [5, 5.41) is 0. The molecule has 0 radical (unpaired) electrons. The zero-order chi connectivity index (χ0) is 15.9. The molecule has 0 aromatic heterocycles. The Hall–Kier alpha value is -2.19. The number of hydrogen-bond acceptors (Lipinski definition) is 4. The van der Waals surface area contributed by atoms with E-state index < -0.39 is 0 Å². The van der Waals surface area contributed by atoms with Crippen molar-refractivity contribution in [1.29, 1.82) is 0 Å². The third kappa shape index (κ3) is 3.71. The fraction of sp³-hybridized carbons (Fsp3) is 0.471. The van der Waals surface area contributed by atoms with Crippen molar-refractivity contribution >= 4 is 5.91 Å². The Balaban J connectivity index is 1.99. The molecule has 0 atom stereocenters. The molecule has 1 aliphatic rings. The van der Waals surface area contributed by atoms with Crippen LogP contribution in [-0.2, 0) is 11.3 Å². The highest BCUT2D eigenvalue weighted by Crippen LogP contribution is 2.31. The summed E-state index contributed by atoms with van der Waals surface area (Å²) in [6.45, 7) is 5.54. The zero-order valence-corrected chi connectivity index (χ0v) is 13.4. The van der Waals surface area contributed by atoms with Gasteiger partial charge in [0, 0.05) is 38.3 Å². The first-order chi connectivity index (χ1) is 10.7. The first-order valence-corrected chi connectivity index (χ1v) is 7.33. The lowest BCUT2D eigenvalue weighted by Gasteiger charge is -2.34. The molecule has 0 aliphatic carbocycles. The Morgan fingerprint density at radius 1 is 1.18 bits per heavy atom. The maximum Gasteiger partial charge on any atom is 0.298 e. The molecule has 1 aliphatic heterocycles. The molecular weight excluding hydrogens is 280 g/mol. The van der Waals surface area contributed by atoms with E-state index in [-0.39, 0.29) is 5.91 Å². The van der Waals surface area contributed by atoms with Gasteiger partial charge in [-0.1, -0.05) is 18.1 Å². The number of rotatable bonds is 4. The van der Waals surface area contributed by atoms with Gasteiger partial charge < -0.3 is 14.4 Å². The number of para-hydroxylation sites is 1. The first-order valence-electron chi connectivity index (χ1n) is 7.33. The Morgan fingerprint density at radius 2 is 1.91 bits per heavy atom. The lowest BCUT2D eigenvalue weighted by Crippen LogP contribution is -2.47. The molecule has 22 heavy (non-hydrogen) atoms. The molecule has 1 fully saturated rings. The van der Waals surface area contributed by atoms with E-state index >= 15 is 0 Å². The smallest absolute Gasteiger partial charge is 0.298 e. The second-order valence-electron chi connectivity index (χ2n) is 5.10. The maximum absolute atomic E-state index is 11.7. The van der Waals surface area contributed by atoms with Gasteiger partial charge in [-0.2, -0.15) is 0 Å². The summed E-state index contributed by atoms with van der Waals surface area (Å²) in [5.74, 6) is 6.69. The Kier molecular flexibility index (Phi) is 5.68. The molecule has 1 heterocycles. The van der Waals surface area contributed by atoms with Crippen LogP contribution in [0.25, 0.3) is 0 Å². The number of carbonyl (C=O) groups excluding carboxylic acids is 1. The quantitative estimate of drug-likeness (QED) is 0.788. The van der Waals surface area contributed by atoms with Gasteiger partial charge in [0.25, 0.3) is 5.91 Å². The highest BCUT2D eigenvalue weighted by Gasteiger charge is 2.21. The van der Waals surface area contributed by atoms with E-state index in [9.17, 15) is 4.79 Å². The van der Waals surface area contributed by atoms with Crippen LogP contribution in [-0.4, -0.2) is 56.1 Å². The molecule has 1 saturated heterocycles. The van der Waals surface area contributed by atoms with Gasteiger partial charge in [0.1, 0.15) is 0 Å². The first kappa shape index (κ1) is 16.2. The van der Waals surface area contributed by atoms with Gasteiger partial charge in [-0.3, -0.25) is 9.69 Å². The van der Waals surface area contributed by atoms with Crippen molar-refractivity contribution < 1.29 is 14.3 Å². The second-order valence-corrected chi connectivity index (χ2v) is 5.10. The Labute approximate surface area is 131 Å². The fourth-order valence-electron chi connectivity index (χ4n) is 2.61. The van der Waals surface area contributed by atoms with Crippen molar-refractivity contribution in [3.8, 4) is 23.3 Å². The monoisotopic (exact) mass is 302 g/mol. The topological polar surface area (TPSA) is 42.0 Å². The summed E-state index contributed by atoms with van der Waals surface area (Å²) in [7, 11) is 3.29. The molecule has 1 aromatic carbocycles. The van der Waals surface area contributed by atoms with Crippen molar-refractivity contribution in [3.63, 3.8) is 0 Å². The number of hydrogen-bond donors (Lipinski definition) is 0. The van der Waals surface area contributed by atoms with Crippen LogP contribution in [0.1, 0.15) is 12.5 Å². The maximum atomic E-state index is 11.7. The summed E-state index contributed by atoms with van der Waals surface area (Å²) < 4.78 is 10.8. The van der Waals surface area contributed by atoms with E-state index in [1.165, 1.54) is 0 Å². The van der Waals surface area contributed by atoms with Crippen LogP contribution in [0.5, 0.6) is 11.5 Å². The molecule has 0 saturated carbocycles. The minimum absolute atomic E-state index is 0.0823. The van der Waals surface area contributed by atoms with Crippen LogP contribution in [0.4, 0.5) is 0 Å². The summed E-state index contributed by atoms with van der Waals surface area (Å²) in [6.07, 6.45) is 0. The molecule has 1 aromatic rings. The van der Waals surface area contributed by atoms with Gasteiger partial charge in [0.2, 0.25) is 0 Å². The standard InChI is InChI=1S/C17H22N2O3/c1-4-6-16(20)19-11-9-18(10-12-19)13-14-7-5-8-15(21-2)17(14)22-3/h5,7-8H,9-13H2,1-3H3. The van der Waals surface area contributed by atoms with Crippen molar-refractivity contribution in [2.45, 2.75) is 13.5 Å². The van der Waals surface area contributed by atoms with E-state index in [4.69, 9.17) is 9.47 Å². The van der Waals surface area contributed by atoms with Crippen LogP contribution in [0.15, 0.2) is 18.2 Å². The molecule has 118 valence electrons. The summed E-state index contributed by atoms with van der Waals surface area (Å²) in [4.78, 5) is 15.9. The van der Waals surface area contributed by atoms with Crippen molar-refractivity contribution in [3.05, 3.63) is 23.8 Å². The van der Waals surface area contributed by atoms with Crippen LogP contribution >= 0.6 is 0 Å². The van der Waals surface area contributed by atoms with Crippen LogP contribution < -0.4 is 9.47 Å². The Bertz CT molecular complexity index is 581. The number of benzene rings is 1. The van der Waals surface area contributed by atoms with Crippen molar-refractivity contribution in [1.82, 2.24) is 9.80 Å². The number of piperazine rings is 1. The molecule has 0 N–H and O–H groups in total. The fourth-order valence-corrected chi connectivity index (χ4v) is 2.61. The van der Waals surface area contributed by atoms with Gasteiger partial charge in [0.05, 0.1) is 14.2 Å². The van der Waals surface area contributed by atoms with Crippen LogP contribution in [0.3, 0.4) is 0 Å². The number of nitrogens with zero attached hydrogens (tertiary/aromatic N) is 2. The molecular formula is C17H22N2O3. The van der Waals surface area contributed by atoms with E-state index in [1.54, 1.807) is 26.0 Å². The van der Waals surface area contributed by atoms with Crippen molar-refractivity contribution in [2.24, 2.45) is 0 Å². The summed E-state index contributed by atoms with van der Waals surface area (Å²) in [6, 6.07) is 5.90. The molecule has 5 heteroatoms. The predicted molar refractivity (Wildman–Crippen MR) is 84.9 cm³/mol. The molecule has 0 bridgehead atoms. The van der Waals surface area contributed by atoms with E-state index in [0.717, 1.165) is 36.7 Å². The third-order valence-corrected chi connectivity index (χ3v) is 3.77. The second kappa shape index (κ2) is 7.71. The lowest BCUT2D eigenvalue weighted by atomic mass is 10.1. The van der Waals surface area contributed by atoms with E-state index in [2.05, 4.69) is 16.7 Å². The molecule has 0 unspecified atom stereocenters. The van der Waals surface area contributed by atoms with Gasteiger partial charge >= 0.3 is 0 Å². The largest absolute Gasteiger partial charge is 0.493 e. The predicted octanol–water partition coefficient (Wildman–Crippen LogP) is 1.37. The Morgan fingerprint density at radius 3 is 2.50 bits per heavy atom. The van der Waals surface area contributed by atoms with Gasteiger partial charge in [-0.25, -0.2) is 0 Å². The summed E-state index contributed by atoms with van der Waals surface area (Å²) in [5.41, 5.74) is 1.09. The minimum atomic E-state index is -0.0823. The van der Waals surface area contributed by atoms with E-state index in [1.807, 2.05) is 18.2 Å². The van der Waals surface area contributed by atoms with Gasteiger partial charge in [-0.15, -0.1) is 0 Å². The minimum Gasteiger partial charge on any atom is -0.493 e. The average molecular weight is 302 g/mol. The summed E-state index contributed by atoms with van der Waals surface area (Å²) >= 11 is 0. The number of ether oxygens (including phenoxy) is 2.